The van der Waals surface area contributed by atoms with Crippen LogP contribution in [-0.4, -0.2) is 31.4 Å². The Morgan fingerprint density at radius 3 is 2.45 bits per heavy atom. The summed E-state index contributed by atoms with van der Waals surface area (Å²) in [6.07, 6.45) is 1.81. The van der Waals surface area contributed by atoms with E-state index in [4.69, 9.17) is 18.9 Å². The standard InChI is InChI=1S/C36H30Br2N2O6S/c1-5-45-35(42)32-20(2)39-36-40(33(32)25-17-29(43-3)30(44-4)18-26(25)37)34(41)31(47-36)16-21-13-14-28(27(38)15-21)46-19-23-11-8-10-22-9-6-7-12-24(22)23/h6-18,33H,5,19H2,1-4H3/b31-16-/t33-/m0/s1. The number of nitrogens with zero attached hydrogens (tertiary/aromatic N) is 2. The molecular weight excluding hydrogens is 748 g/mol. The quantitative estimate of drug-likeness (QED) is 0.149. The summed E-state index contributed by atoms with van der Waals surface area (Å²) in [4.78, 5) is 32.6. The van der Waals surface area contributed by atoms with E-state index >= 15 is 0 Å². The molecule has 0 radical (unpaired) electrons. The lowest BCUT2D eigenvalue weighted by Gasteiger charge is -2.26. The van der Waals surface area contributed by atoms with Gasteiger partial charge < -0.3 is 18.9 Å². The minimum absolute atomic E-state index is 0.177. The predicted octanol–water partition coefficient (Wildman–Crippen LogP) is 7.07. The predicted molar refractivity (Wildman–Crippen MR) is 190 cm³/mol. The van der Waals surface area contributed by atoms with E-state index in [1.807, 2.05) is 42.5 Å². The van der Waals surface area contributed by atoms with Crippen LogP contribution < -0.4 is 29.1 Å². The lowest BCUT2D eigenvalue weighted by atomic mass is 9.95. The topological polar surface area (TPSA) is 88.4 Å². The lowest BCUT2D eigenvalue weighted by Crippen LogP contribution is -2.40. The Morgan fingerprint density at radius 1 is 0.957 bits per heavy atom. The first-order valence-electron chi connectivity index (χ1n) is 14.7. The number of methoxy groups -OCH3 is 2. The van der Waals surface area contributed by atoms with Crippen molar-refractivity contribution >= 4 is 66.0 Å². The van der Waals surface area contributed by atoms with Crippen LogP contribution in [0, 0.1) is 0 Å². The van der Waals surface area contributed by atoms with Crippen LogP contribution in [0.4, 0.5) is 0 Å². The maximum atomic E-state index is 14.1. The number of fused-ring (bicyclic) bond motifs is 2. The Labute approximate surface area is 291 Å². The monoisotopic (exact) mass is 776 g/mol. The highest BCUT2D eigenvalue weighted by Gasteiger charge is 2.35. The van der Waals surface area contributed by atoms with Gasteiger partial charge in [-0.2, -0.15) is 0 Å². The van der Waals surface area contributed by atoms with Crippen LogP contribution in [0.25, 0.3) is 16.8 Å². The first-order valence-corrected chi connectivity index (χ1v) is 17.1. The molecule has 0 bridgehead atoms. The van der Waals surface area contributed by atoms with Crippen LogP contribution >= 0.6 is 43.2 Å². The highest BCUT2D eigenvalue weighted by Crippen LogP contribution is 2.41. The van der Waals surface area contributed by atoms with Gasteiger partial charge in [-0.1, -0.05) is 75.8 Å². The van der Waals surface area contributed by atoms with E-state index in [9.17, 15) is 9.59 Å². The first-order chi connectivity index (χ1) is 22.7. The molecule has 2 heterocycles. The number of hydrogen-bond donors (Lipinski definition) is 0. The molecule has 47 heavy (non-hydrogen) atoms. The molecule has 0 amide bonds. The average molecular weight is 779 g/mol. The smallest absolute Gasteiger partial charge is 0.338 e. The van der Waals surface area contributed by atoms with Gasteiger partial charge in [0.15, 0.2) is 16.3 Å². The third-order valence-electron chi connectivity index (χ3n) is 7.83. The molecule has 1 aliphatic rings. The van der Waals surface area contributed by atoms with Crippen LogP contribution in [0.1, 0.15) is 36.6 Å². The maximum Gasteiger partial charge on any atom is 0.338 e. The zero-order chi connectivity index (χ0) is 33.2. The number of aromatic nitrogens is 1. The Balaban J connectivity index is 1.39. The molecule has 6 rings (SSSR count). The highest BCUT2D eigenvalue weighted by atomic mass is 79.9. The van der Waals surface area contributed by atoms with Crippen molar-refractivity contribution in [3.8, 4) is 17.2 Å². The Kier molecular flexibility index (Phi) is 9.67. The van der Waals surface area contributed by atoms with E-state index in [0.29, 0.717) is 48.9 Å². The summed E-state index contributed by atoms with van der Waals surface area (Å²) in [6.45, 7) is 4.07. The molecule has 0 unspecified atom stereocenters. The third-order valence-corrected chi connectivity index (χ3v) is 10.1. The number of rotatable bonds is 9. The third kappa shape index (κ3) is 6.39. The summed E-state index contributed by atoms with van der Waals surface area (Å²) in [5.74, 6) is 1.10. The van der Waals surface area contributed by atoms with E-state index < -0.39 is 12.0 Å². The number of allylic oxidation sites excluding steroid dienone is 1. The van der Waals surface area contributed by atoms with Gasteiger partial charge in [0.05, 0.1) is 47.1 Å². The van der Waals surface area contributed by atoms with Gasteiger partial charge in [0.1, 0.15) is 12.4 Å². The van der Waals surface area contributed by atoms with Gasteiger partial charge in [0.25, 0.3) is 5.56 Å². The fraction of sp³-hybridized carbons (Fsp3) is 0.194. The van der Waals surface area contributed by atoms with Gasteiger partial charge in [-0.25, -0.2) is 9.79 Å². The van der Waals surface area contributed by atoms with E-state index in [2.05, 4.69) is 61.1 Å². The molecule has 0 N–H and O–H groups in total. The number of halogens is 2. The second-order valence-electron chi connectivity index (χ2n) is 10.6. The molecule has 1 atom stereocenters. The minimum Gasteiger partial charge on any atom is -0.493 e. The Morgan fingerprint density at radius 2 is 1.70 bits per heavy atom. The van der Waals surface area contributed by atoms with E-state index in [-0.39, 0.29) is 17.7 Å². The molecule has 0 saturated carbocycles. The van der Waals surface area contributed by atoms with Crippen molar-refractivity contribution in [1.82, 2.24) is 4.57 Å². The summed E-state index contributed by atoms with van der Waals surface area (Å²) < 4.78 is 26.0. The van der Waals surface area contributed by atoms with Crippen molar-refractivity contribution in [2.24, 2.45) is 4.99 Å². The fourth-order valence-electron chi connectivity index (χ4n) is 5.61. The molecule has 11 heteroatoms. The van der Waals surface area contributed by atoms with Gasteiger partial charge in [-0.05, 0) is 87.6 Å². The molecule has 0 aliphatic carbocycles. The molecular formula is C36H30Br2N2O6S. The first kappa shape index (κ1) is 32.7. The van der Waals surface area contributed by atoms with Crippen molar-refractivity contribution in [2.75, 3.05) is 20.8 Å². The van der Waals surface area contributed by atoms with Crippen molar-refractivity contribution in [3.63, 3.8) is 0 Å². The van der Waals surface area contributed by atoms with Crippen LogP contribution in [0.5, 0.6) is 17.2 Å². The molecule has 240 valence electrons. The molecule has 1 aromatic heterocycles. The highest BCUT2D eigenvalue weighted by molar-refractivity contribution is 9.10. The van der Waals surface area contributed by atoms with Crippen LogP contribution in [0.15, 0.2) is 103 Å². The average Bonchev–Trinajstić information content (AvgIpc) is 3.37. The summed E-state index contributed by atoms with van der Waals surface area (Å²) in [7, 11) is 3.08. The number of hydrogen-bond acceptors (Lipinski definition) is 8. The largest absolute Gasteiger partial charge is 0.493 e. The number of thiazole rings is 1. The van der Waals surface area contributed by atoms with Crippen molar-refractivity contribution < 1.29 is 23.7 Å². The fourth-order valence-corrected chi connectivity index (χ4v) is 7.71. The van der Waals surface area contributed by atoms with Crippen LogP contribution in [0.2, 0.25) is 0 Å². The SMILES string of the molecule is CCOC(=O)C1=C(C)N=c2s/c(=C\c3ccc(OCc4cccc5ccccc45)c(Br)c3)c(=O)n2[C@H]1c1cc(OC)c(OC)cc1Br. The minimum atomic E-state index is -0.821. The van der Waals surface area contributed by atoms with Gasteiger partial charge in [0.2, 0.25) is 0 Å². The van der Waals surface area contributed by atoms with E-state index in [1.54, 1.807) is 37.7 Å². The van der Waals surface area contributed by atoms with E-state index in [1.165, 1.54) is 18.4 Å². The molecule has 1 aliphatic heterocycles. The van der Waals surface area contributed by atoms with Gasteiger partial charge in [-0.3, -0.25) is 9.36 Å². The molecule has 4 aromatic carbocycles. The Hall–Kier alpha value is -4.19. The number of esters is 1. The summed E-state index contributed by atoms with van der Waals surface area (Å²) in [5.41, 5.74) is 2.97. The number of carbonyl (C=O) groups is 1. The zero-order valence-electron chi connectivity index (χ0n) is 26.0. The second kappa shape index (κ2) is 13.9. The molecule has 8 nitrogen and oxygen atoms in total. The van der Waals surface area contributed by atoms with Gasteiger partial charge in [0, 0.05) is 4.47 Å². The summed E-state index contributed by atoms with van der Waals surface area (Å²) >= 11 is 8.54. The lowest BCUT2D eigenvalue weighted by molar-refractivity contribution is -0.139. The second-order valence-corrected chi connectivity index (χ2v) is 13.4. The maximum absolute atomic E-state index is 14.1. The van der Waals surface area contributed by atoms with Gasteiger partial charge >= 0.3 is 5.97 Å². The number of ether oxygens (including phenoxy) is 4. The Bertz CT molecular complexity index is 2240. The molecule has 0 spiro atoms. The normalized spacial score (nSPS) is 14.5. The summed E-state index contributed by atoms with van der Waals surface area (Å²) in [6, 6.07) is 22.8. The van der Waals surface area contributed by atoms with Crippen molar-refractivity contribution in [2.45, 2.75) is 26.5 Å². The van der Waals surface area contributed by atoms with E-state index in [0.717, 1.165) is 26.4 Å². The van der Waals surface area contributed by atoms with Crippen LogP contribution in [0.3, 0.4) is 0 Å². The van der Waals surface area contributed by atoms with Crippen molar-refractivity contribution in [3.05, 3.63) is 129 Å². The van der Waals surface area contributed by atoms with Gasteiger partial charge in [-0.15, -0.1) is 0 Å². The number of carbonyl (C=O) groups excluding carboxylic acids is 1. The molecule has 5 aromatic rings. The van der Waals surface area contributed by atoms with Crippen molar-refractivity contribution in [1.29, 1.82) is 0 Å². The summed E-state index contributed by atoms with van der Waals surface area (Å²) in [5, 5.41) is 2.31. The molecule has 0 fully saturated rings. The van der Waals surface area contributed by atoms with Crippen LogP contribution in [-0.2, 0) is 16.1 Å². The molecule has 0 saturated heterocycles. The zero-order valence-corrected chi connectivity index (χ0v) is 30.0. The number of benzene rings is 4.